The highest BCUT2D eigenvalue weighted by Gasteiger charge is 2.16. The maximum absolute atomic E-state index is 3.62. The Labute approximate surface area is 122 Å². The number of rotatable bonds is 7. The summed E-state index contributed by atoms with van der Waals surface area (Å²) < 4.78 is 0. The molecule has 19 heavy (non-hydrogen) atoms. The fourth-order valence-electron chi connectivity index (χ4n) is 2.85. The van der Waals surface area contributed by atoms with E-state index in [0.717, 1.165) is 12.5 Å². The third-order valence-corrected chi connectivity index (χ3v) is 5.32. The molecule has 1 unspecified atom stereocenters. The standard InChI is InChI=1S/C17H27NS/c1-3-18-17(16-10-8-14(2)9-11-16)13-19-12-15-6-4-5-7-15/h8-11,15,17-18H,3-7,12-13H2,1-2H3. The van der Waals surface area contributed by atoms with Gasteiger partial charge in [0.05, 0.1) is 0 Å². The van der Waals surface area contributed by atoms with Gasteiger partial charge in [-0.3, -0.25) is 0 Å². The van der Waals surface area contributed by atoms with Crippen molar-refractivity contribution in [3.05, 3.63) is 35.4 Å². The molecule has 1 N–H and O–H groups in total. The molecule has 0 spiro atoms. The van der Waals surface area contributed by atoms with Crippen LogP contribution in [-0.4, -0.2) is 18.1 Å². The van der Waals surface area contributed by atoms with Crippen LogP contribution >= 0.6 is 11.8 Å². The number of hydrogen-bond acceptors (Lipinski definition) is 2. The van der Waals surface area contributed by atoms with Crippen LogP contribution < -0.4 is 5.32 Å². The lowest BCUT2D eigenvalue weighted by molar-refractivity contribution is 0.599. The largest absolute Gasteiger partial charge is 0.310 e. The summed E-state index contributed by atoms with van der Waals surface area (Å²) in [6.07, 6.45) is 5.84. The summed E-state index contributed by atoms with van der Waals surface area (Å²) in [5, 5.41) is 3.62. The van der Waals surface area contributed by atoms with E-state index >= 15 is 0 Å². The van der Waals surface area contributed by atoms with Gasteiger partial charge in [-0.2, -0.15) is 11.8 Å². The van der Waals surface area contributed by atoms with Crippen molar-refractivity contribution in [1.29, 1.82) is 0 Å². The second-order valence-electron chi connectivity index (χ2n) is 5.71. The molecule has 1 fully saturated rings. The van der Waals surface area contributed by atoms with Gasteiger partial charge in [0.25, 0.3) is 0 Å². The first kappa shape index (κ1) is 14.9. The summed E-state index contributed by atoms with van der Waals surface area (Å²) in [5.41, 5.74) is 2.78. The lowest BCUT2D eigenvalue weighted by atomic mass is 10.1. The number of benzene rings is 1. The molecule has 0 aromatic heterocycles. The molecule has 2 heteroatoms. The van der Waals surface area contributed by atoms with E-state index in [1.54, 1.807) is 0 Å². The summed E-state index contributed by atoms with van der Waals surface area (Å²) in [6, 6.07) is 9.51. The van der Waals surface area contributed by atoms with Crippen LogP contribution in [0.4, 0.5) is 0 Å². The van der Waals surface area contributed by atoms with Crippen LogP contribution in [0.2, 0.25) is 0 Å². The molecule has 0 heterocycles. The summed E-state index contributed by atoms with van der Waals surface area (Å²) in [4.78, 5) is 0. The Bertz CT molecular complexity index is 354. The molecule has 1 aliphatic carbocycles. The Kier molecular flexibility index (Phi) is 6.25. The van der Waals surface area contributed by atoms with Crippen LogP contribution in [-0.2, 0) is 0 Å². The van der Waals surface area contributed by atoms with E-state index in [0.29, 0.717) is 6.04 Å². The zero-order chi connectivity index (χ0) is 13.5. The van der Waals surface area contributed by atoms with Gasteiger partial charge in [-0.1, -0.05) is 49.6 Å². The van der Waals surface area contributed by atoms with Gasteiger partial charge >= 0.3 is 0 Å². The number of hydrogen-bond donors (Lipinski definition) is 1. The molecule has 2 rings (SSSR count). The van der Waals surface area contributed by atoms with Crippen LogP contribution in [0.5, 0.6) is 0 Å². The Balaban J connectivity index is 1.82. The van der Waals surface area contributed by atoms with Crippen molar-refractivity contribution in [3.8, 4) is 0 Å². The van der Waals surface area contributed by atoms with Gasteiger partial charge in [-0.15, -0.1) is 0 Å². The normalized spacial score (nSPS) is 17.8. The predicted octanol–water partition coefficient (Wildman–Crippen LogP) is 4.57. The van der Waals surface area contributed by atoms with Gasteiger partial charge in [0.15, 0.2) is 0 Å². The predicted molar refractivity (Wildman–Crippen MR) is 86.9 cm³/mol. The molecule has 1 aliphatic rings. The summed E-state index contributed by atoms with van der Waals surface area (Å²) in [7, 11) is 0. The van der Waals surface area contributed by atoms with E-state index < -0.39 is 0 Å². The number of thioether (sulfide) groups is 1. The van der Waals surface area contributed by atoms with Crippen molar-refractivity contribution in [1.82, 2.24) is 5.32 Å². The molecule has 0 bridgehead atoms. The highest BCUT2D eigenvalue weighted by atomic mass is 32.2. The second-order valence-corrected chi connectivity index (χ2v) is 6.78. The van der Waals surface area contributed by atoms with Crippen LogP contribution in [0.1, 0.15) is 49.8 Å². The molecule has 1 aromatic rings. The Morgan fingerprint density at radius 2 is 1.89 bits per heavy atom. The smallest absolute Gasteiger partial charge is 0.0411 e. The average molecular weight is 277 g/mol. The van der Waals surface area contributed by atoms with E-state index in [1.807, 2.05) is 0 Å². The minimum absolute atomic E-state index is 0.511. The first-order chi connectivity index (χ1) is 9.29. The summed E-state index contributed by atoms with van der Waals surface area (Å²) >= 11 is 2.14. The van der Waals surface area contributed by atoms with E-state index in [4.69, 9.17) is 0 Å². The van der Waals surface area contributed by atoms with Crippen molar-refractivity contribution >= 4 is 11.8 Å². The van der Waals surface area contributed by atoms with Crippen molar-refractivity contribution in [2.75, 3.05) is 18.1 Å². The first-order valence-electron chi connectivity index (χ1n) is 7.67. The van der Waals surface area contributed by atoms with E-state index in [9.17, 15) is 0 Å². The molecule has 0 radical (unpaired) electrons. The average Bonchev–Trinajstić information content (AvgIpc) is 2.92. The van der Waals surface area contributed by atoms with Crippen LogP contribution in [0.3, 0.4) is 0 Å². The van der Waals surface area contributed by atoms with Gasteiger partial charge in [-0.25, -0.2) is 0 Å². The van der Waals surface area contributed by atoms with E-state index in [1.165, 1.54) is 48.3 Å². The number of aryl methyl sites for hydroxylation is 1. The van der Waals surface area contributed by atoms with Crippen molar-refractivity contribution in [2.45, 2.75) is 45.6 Å². The van der Waals surface area contributed by atoms with Gasteiger partial charge in [0.2, 0.25) is 0 Å². The van der Waals surface area contributed by atoms with Crippen molar-refractivity contribution in [3.63, 3.8) is 0 Å². The second kappa shape index (κ2) is 7.96. The molecular formula is C17H27NS. The first-order valence-corrected chi connectivity index (χ1v) is 8.82. The Hall–Kier alpha value is -0.470. The minimum atomic E-state index is 0.511. The third-order valence-electron chi connectivity index (χ3n) is 4.04. The molecule has 1 atom stereocenters. The van der Waals surface area contributed by atoms with E-state index in [2.05, 4.69) is 55.2 Å². The summed E-state index contributed by atoms with van der Waals surface area (Å²) in [6.45, 7) is 5.40. The van der Waals surface area contributed by atoms with Crippen LogP contribution in [0, 0.1) is 12.8 Å². The van der Waals surface area contributed by atoms with Crippen molar-refractivity contribution < 1.29 is 0 Å². The van der Waals surface area contributed by atoms with Crippen molar-refractivity contribution in [2.24, 2.45) is 5.92 Å². The molecule has 0 saturated heterocycles. The topological polar surface area (TPSA) is 12.0 Å². The molecule has 106 valence electrons. The zero-order valence-electron chi connectivity index (χ0n) is 12.3. The summed E-state index contributed by atoms with van der Waals surface area (Å²) in [5.74, 6) is 3.55. The third kappa shape index (κ3) is 4.85. The number of nitrogens with one attached hydrogen (secondary N) is 1. The maximum atomic E-state index is 3.62. The molecule has 0 aliphatic heterocycles. The fraction of sp³-hybridized carbons (Fsp3) is 0.647. The molecule has 1 nitrogen and oxygen atoms in total. The minimum Gasteiger partial charge on any atom is -0.310 e. The highest BCUT2D eigenvalue weighted by Crippen LogP contribution is 2.29. The van der Waals surface area contributed by atoms with Gasteiger partial charge < -0.3 is 5.32 Å². The van der Waals surface area contributed by atoms with Gasteiger partial charge in [0.1, 0.15) is 0 Å². The Morgan fingerprint density at radius 3 is 2.53 bits per heavy atom. The lowest BCUT2D eigenvalue weighted by Crippen LogP contribution is -2.23. The lowest BCUT2D eigenvalue weighted by Gasteiger charge is -2.19. The molecule has 1 saturated carbocycles. The van der Waals surface area contributed by atoms with Gasteiger partial charge in [0, 0.05) is 11.8 Å². The van der Waals surface area contributed by atoms with Crippen LogP contribution in [0.25, 0.3) is 0 Å². The van der Waals surface area contributed by atoms with E-state index in [-0.39, 0.29) is 0 Å². The van der Waals surface area contributed by atoms with Gasteiger partial charge in [-0.05, 0) is 43.5 Å². The highest BCUT2D eigenvalue weighted by molar-refractivity contribution is 7.99. The fourth-order valence-corrected chi connectivity index (χ4v) is 4.20. The SMILES string of the molecule is CCNC(CSCC1CCCC1)c1ccc(C)cc1. The quantitative estimate of drug-likeness (QED) is 0.783. The van der Waals surface area contributed by atoms with Crippen LogP contribution in [0.15, 0.2) is 24.3 Å². The molecule has 0 amide bonds. The monoisotopic (exact) mass is 277 g/mol. The zero-order valence-corrected chi connectivity index (χ0v) is 13.1. The Morgan fingerprint density at radius 1 is 1.21 bits per heavy atom. The molecular weight excluding hydrogens is 250 g/mol. The maximum Gasteiger partial charge on any atom is 0.0411 e. The molecule has 1 aromatic carbocycles.